The van der Waals surface area contributed by atoms with E-state index in [9.17, 15) is 8.78 Å². The maximum absolute atomic E-state index is 14.0. The predicted molar refractivity (Wildman–Crippen MR) is 81.7 cm³/mol. The van der Waals surface area contributed by atoms with Crippen LogP contribution >= 0.6 is 0 Å². The first-order valence-corrected chi connectivity index (χ1v) is 7.23. The third-order valence-corrected chi connectivity index (χ3v) is 3.72. The molecule has 0 bridgehead atoms. The Morgan fingerprint density at radius 2 is 1.91 bits per heavy atom. The highest BCUT2D eigenvalue weighted by Crippen LogP contribution is 2.24. The van der Waals surface area contributed by atoms with Crippen molar-refractivity contribution in [2.24, 2.45) is 10.7 Å². The van der Waals surface area contributed by atoms with Crippen LogP contribution in [0.1, 0.15) is 11.6 Å². The van der Waals surface area contributed by atoms with Crippen LogP contribution in [0.25, 0.3) is 0 Å². The van der Waals surface area contributed by atoms with Gasteiger partial charge in [-0.2, -0.15) is 0 Å². The Kier molecular flexibility index (Phi) is 5.68. The van der Waals surface area contributed by atoms with E-state index < -0.39 is 17.7 Å². The minimum atomic E-state index is -0.571. The fourth-order valence-electron chi connectivity index (χ4n) is 2.41. The van der Waals surface area contributed by atoms with Gasteiger partial charge >= 0.3 is 0 Å². The first-order chi connectivity index (χ1) is 10.5. The number of guanidine groups is 1. The Morgan fingerprint density at radius 1 is 1.32 bits per heavy atom. The molecule has 1 heterocycles. The number of nitrogens with two attached hydrogens (primary N) is 1. The van der Waals surface area contributed by atoms with Crippen molar-refractivity contribution in [2.45, 2.75) is 6.04 Å². The predicted octanol–water partition coefficient (Wildman–Crippen LogP) is 1.21. The van der Waals surface area contributed by atoms with Crippen molar-refractivity contribution in [1.29, 1.82) is 0 Å². The number of aliphatic imine (C=N–C) groups is 1. The molecule has 122 valence electrons. The third kappa shape index (κ3) is 3.92. The van der Waals surface area contributed by atoms with E-state index in [4.69, 9.17) is 10.5 Å². The quantitative estimate of drug-likeness (QED) is 0.671. The molecule has 7 heteroatoms. The number of hydrogen-bond acceptors (Lipinski definition) is 3. The molecule has 2 N–H and O–H groups in total. The van der Waals surface area contributed by atoms with Crippen molar-refractivity contribution in [3.05, 3.63) is 35.4 Å². The summed E-state index contributed by atoms with van der Waals surface area (Å²) >= 11 is 0. The minimum absolute atomic E-state index is 0.0195. The topological polar surface area (TPSA) is 54.1 Å². The van der Waals surface area contributed by atoms with E-state index >= 15 is 0 Å². The Hall–Kier alpha value is -1.73. The first kappa shape index (κ1) is 16.6. The number of morpholine rings is 1. The van der Waals surface area contributed by atoms with E-state index in [0.29, 0.717) is 32.3 Å². The van der Waals surface area contributed by atoms with Gasteiger partial charge in [0.05, 0.1) is 25.8 Å². The van der Waals surface area contributed by atoms with E-state index in [-0.39, 0.29) is 12.1 Å². The zero-order valence-corrected chi connectivity index (χ0v) is 12.9. The molecule has 0 radical (unpaired) electrons. The van der Waals surface area contributed by atoms with E-state index in [1.807, 2.05) is 4.90 Å². The Morgan fingerprint density at radius 3 is 2.45 bits per heavy atom. The molecule has 0 spiro atoms. The van der Waals surface area contributed by atoms with Gasteiger partial charge in [0.25, 0.3) is 0 Å². The average Bonchev–Trinajstić information content (AvgIpc) is 2.50. The molecule has 1 saturated heterocycles. The van der Waals surface area contributed by atoms with E-state index in [0.717, 1.165) is 0 Å². The van der Waals surface area contributed by atoms with Gasteiger partial charge in [0.1, 0.15) is 11.6 Å². The highest BCUT2D eigenvalue weighted by atomic mass is 19.1. The Balaban J connectivity index is 2.15. The van der Waals surface area contributed by atoms with E-state index in [2.05, 4.69) is 4.99 Å². The molecule has 0 aliphatic carbocycles. The number of ether oxygens (including phenoxy) is 1. The van der Waals surface area contributed by atoms with Crippen LogP contribution in [0.2, 0.25) is 0 Å². The van der Waals surface area contributed by atoms with Crippen molar-refractivity contribution >= 4 is 5.96 Å². The highest BCUT2D eigenvalue weighted by molar-refractivity contribution is 5.78. The molecule has 1 aliphatic rings. The fourth-order valence-corrected chi connectivity index (χ4v) is 2.41. The Bertz CT molecular complexity index is 510. The molecule has 1 fully saturated rings. The average molecular weight is 312 g/mol. The zero-order chi connectivity index (χ0) is 16.1. The second-order valence-corrected chi connectivity index (χ2v) is 5.41. The lowest BCUT2D eigenvalue weighted by molar-refractivity contribution is 0.0673. The number of nitrogens with zero attached hydrogens (tertiary/aromatic N) is 3. The molecular formula is C15H22F2N4O. The summed E-state index contributed by atoms with van der Waals surface area (Å²) in [6.45, 7) is 2.75. The largest absolute Gasteiger partial charge is 0.378 e. The smallest absolute Gasteiger partial charge is 0.191 e. The number of halogens is 2. The van der Waals surface area contributed by atoms with Gasteiger partial charge in [-0.1, -0.05) is 6.07 Å². The molecule has 1 aromatic rings. The molecule has 0 amide bonds. The van der Waals surface area contributed by atoms with Gasteiger partial charge < -0.3 is 20.3 Å². The van der Waals surface area contributed by atoms with Crippen LogP contribution in [0.15, 0.2) is 23.2 Å². The van der Waals surface area contributed by atoms with Gasteiger partial charge in [-0.15, -0.1) is 0 Å². The maximum atomic E-state index is 14.0. The maximum Gasteiger partial charge on any atom is 0.191 e. The van der Waals surface area contributed by atoms with Gasteiger partial charge in [-0.05, 0) is 26.2 Å². The number of likely N-dealkylation sites (N-methyl/N-ethyl adjacent to an activating group) is 1. The number of benzene rings is 1. The van der Waals surface area contributed by atoms with Crippen molar-refractivity contribution in [2.75, 3.05) is 46.9 Å². The zero-order valence-electron chi connectivity index (χ0n) is 12.9. The summed E-state index contributed by atoms with van der Waals surface area (Å²) in [5.41, 5.74) is 5.98. The minimum Gasteiger partial charge on any atom is -0.378 e. The summed E-state index contributed by atoms with van der Waals surface area (Å²) < 4.78 is 33.2. The lowest BCUT2D eigenvalue weighted by atomic mass is 10.0. The lowest BCUT2D eigenvalue weighted by Crippen LogP contribution is -2.45. The molecular weight excluding hydrogens is 290 g/mol. The second-order valence-electron chi connectivity index (χ2n) is 5.41. The van der Waals surface area contributed by atoms with Gasteiger partial charge in [-0.25, -0.2) is 8.78 Å². The monoisotopic (exact) mass is 312 g/mol. The van der Waals surface area contributed by atoms with E-state index in [1.54, 1.807) is 19.0 Å². The summed E-state index contributed by atoms with van der Waals surface area (Å²) in [4.78, 5) is 7.96. The summed E-state index contributed by atoms with van der Waals surface area (Å²) in [7, 11) is 3.52. The molecule has 5 nitrogen and oxygen atoms in total. The third-order valence-electron chi connectivity index (χ3n) is 3.72. The Labute approximate surface area is 129 Å². The lowest BCUT2D eigenvalue weighted by Gasteiger charge is -2.29. The second kappa shape index (κ2) is 7.51. The molecule has 2 rings (SSSR count). The van der Waals surface area contributed by atoms with Crippen LogP contribution in [0.3, 0.4) is 0 Å². The molecule has 22 heavy (non-hydrogen) atoms. The molecule has 1 aliphatic heterocycles. The van der Waals surface area contributed by atoms with Gasteiger partial charge in [-0.3, -0.25) is 4.99 Å². The van der Waals surface area contributed by atoms with Crippen LogP contribution in [0.4, 0.5) is 8.78 Å². The molecule has 1 atom stereocenters. The van der Waals surface area contributed by atoms with Crippen LogP contribution in [-0.4, -0.2) is 62.7 Å². The summed E-state index contributed by atoms with van der Waals surface area (Å²) in [5, 5.41) is 0. The first-order valence-electron chi connectivity index (χ1n) is 7.23. The van der Waals surface area contributed by atoms with Crippen LogP contribution in [0.5, 0.6) is 0 Å². The fraction of sp³-hybridized carbons (Fsp3) is 0.533. The van der Waals surface area contributed by atoms with Crippen molar-refractivity contribution in [3.63, 3.8) is 0 Å². The van der Waals surface area contributed by atoms with Gasteiger partial charge in [0, 0.05) is 18.7 Å². The number of rotatable bonds is 4. The SMILES string of the molecule is CN(C)C(CN=C(N)N1CCOCC1)c1c(F)cccc1F. The molecule has 1 aromatic carbocycles. The normalized spacial score (nSPS) is 17.9. The van der Waals surface area contributed by atoms with Crippen molar-refractivity contribution in [1.82, 2.24) is 9.80 Å². The van der Waals surface area contributed by atoms with Crippen LogP contribution in [0, 0.1) is 11.6 Å². The highest BCUT2D eigenvalue weighted by Gasteiger charge is 2.22. The summed E-state index contributed by atoms with van der Waals surface area (Å²) in [6.07, 6.45) is 0. The molecule has 1 unspecified atom stereocenters. The van der Waals surface area contributed by atoms with Crippen LogP contribution in [-0.2, 0) is 4.74 Å². The van der Waals surface area contributed by atoms with Gasteiger partial charge in [0.15, 0.2) is 5.96 Å². The summed E-state index contributed by atoms with van der Waals surface area (Å²) in [5.74, 6) is -0.760. The molecule has 0 saturated carbocycles. The van der Waals surface area contributed by atoms with Crippen molar-refractivity contribution in [3.8, 4) is 0 Å². The summed E-state index contributed by atoms with van der Waals surface area (Å²) in [6, 6.07) is 3.35. The van der Waals surface area contributed by atoms with Gasteiger partial charge in [0.2, 0.25) is 0 Å². The van der Waals surface area contributed by atoms with E-state index in [1.165, 1.54) is 18.2 Å². The number of hydrogen-bond donors (Lipinski definition) is 1. The van der Waals surface area contributed by atoms with Crippen molar-refractivity contribution < 1.29 is 13.5 Å². The van der Waals surface area contributed by atoms with Crippen LogP contribution < -0.4 is 5.73 Å². The standard InChI is InChI=1S/C15H22F2N4O/c1-20(2)13(14-11(16)4-3-5-12(14)17)10-19-15(18)21-6-8-22-9-7-21/h3-5,13H,6-10H2,1-2H3,(H2,18,19). The molecule has 0 aromatic heterocycles.